The minimum atomic E-state index is -0.985. The van der Waals surface area contributed by atoms with E-state index in [4.69, 9.17) is 4.74 Å². The van der Waals surface area contributed by atoms with Gasteiger partial charge in [-0.1, -0.05) is 51.3 Å². The molecule has 0 spiro atoms. The molecule has 8 heteroatoms. The fourth-order valence-electron chi connectivity index (χ4n) is 16.6. The third-order valence-corrected chi connectivity index (χ3v) is 20.0. The highest BCUT2D eigenvalue weighted by Gasteiger charge is 2.66. The van der Waals surface area contributed by atoms with Crippen LogP contribution in [0.2, 0.25) is 0 Å². The average Bonchev–Trinajstić information content (AvgIpc) is 3.73. The monoisotopic (exact) mass is 850 g/mol. The normalized spacial score (nSPS) is 43.7. The maximum absolute atomic E-state index is 12.5. The van der Waals surface area contributed by atoms with E-state index < -0.39 is 17.7 Å². The van der Waals surface area contributed by atoms with E-state index in [1.54, 1.807) is 0 Å². The summed E-state index contributed by atoms with van der Waals surface area (Å²) in [4.78, 5) is 26.2. The molecule has 9 rings (SSSR count). The number of rotatable bonds is 10. The van der Waals surface area contributed by atoms with Crippen molar-refractivity contribution in [3.05, 3.63) is 52.6 Å². The number of aliphatic hydroxyl groups excluding tert-OH is 2. The third kappa shape index (κ3) is 7.08. The molecule has 16 atom stereocenters. The topological polar surface area (TPSA) is 128 Å². The van der Waals surface area contributed by atoms with Crippen LogP contribution in [0.5, 0.6) is 0 Å². The van der Waals surface area contributed by atoms with Crippen LogP contribution in [-0.4, -0.2) is 76.3 Å². The molecule has 1 aromatic rings. The zero-order chi connectivity index (χ0) is 43.9. The number of carbonyl (C=O) groups is 2. The van der Waals surface area contributed by atoms with Gasteiger partial charge in [-0.2, -0.15) is 0 Å². The highest BCUT2D eigenvalue weighted by Crippen LogP contribution is 2.69. The first kappa shape index (κ1) is 44.3. The Labute approximate surface area is 371 Å². The highest BCUT2D eigenvalue weighted by atomic mass is 16.5. The van der Waals surface area contributed by atoms with Crippen molar-refractivity contribution in [2.75, 3.05) is 25.1 Å². The van der Waals surface area contributed by atoms with Gasteiger partial charge in [-0.05, 0) is 190 Å². The second-order valence-electron chi connectivity index (χ2n) is 22.6. The van der Waals surface area contributed by atoms with Gasteiger partial charge in [0.25, 0.3) is 0 Å². The lowest BCUT2D eigenvalue weighted by molar-refractivity contribution is -0.209. The van der Waals surface area contributed by atoms with Crippen molar-refractivity contribution < 1.29 is 34.8 Å². The number of carboxylic acid groups (broad SMARTS) is 1. The van der Waals surface area contributed by atoms with Gasteiger partial charge in [0.2, 0.25) is 0 Å². The van der Waals surface area contributed by atoms with Crippen LogP contribution in [0, 0.1) is 75.4 Å². The number of ether oxygens (including phenoxy) is 1. The van der Waals surface area contributed by atoms with Gasteiger partial charge >= 0.3 is 5.97 Å². The Bertz CT molecular complexity index is 2030. The predicted molar refractivity (Wildman–Crippen MR) is 242 cm³/mol. The molecule has 0 amide bonds. The Balaban J connectivity index is 0.842. The number of nitrogens with zero attached hydrogens (tertiary/aromatic N) is 1. The molecule has 8 aliphatic rings. The van der Waals surface area contributed by atoms with Crippen molar-refractivity contribution in [1.82, 2.24) is 0 Å². The van der Waals surface area contributed by atoms with Crippen LogP contribution in [0.25, 0.3) is 0 Å². The number of hydrogen-bond donors (Lipinski definition) is 4. The number of aliphatic hydroxyl groups is 3. The first-order valence-electron chi connectivity index (χ1n) is 24.7. The first-order chi connectivity index (χ1) is 29.5. The second-order valence-corrected chi connectivity index (χ2v) is 22.6. The number of aliphatic carboxylic acids is 1. The van der Waals surface area contributed by atoms with Gasteiger partial charge in [0.15, 0.2) is 5.78 Å². The summed E-state index contributed by atoms with van der Waals surface area (Å²) in [5.41, 5.74) is 5.16. The fraction of sp³-hybridized carbons (Fsp3) is 0.741. The third-order valence-electron chi connectivity index (χ3n) is 20.0. The van der Waals surface area contributed by atoms with Crippen molar-refractivity contribution in [3.8, 4) is 11.8 Å². The number of fused-ring (bicyclic) bond motifs is 9. The SMILES string of the molecule is CC#C[C@@]1(O)CCC2C3CCC4=CC(=O)CCC4=C3[C@@H](c3ccc(N(C)CCO[C@H]4CC[C@@]5(C)[C@@H](C4)C[C@@H](O)[C@@H]4[C@@H]5C[C@H](O)[C@]5(C)[C@@H]([C@H](C)CCC(=O)O)CC[C@@H]45)cc3)C[C@@]21C. The Morgan fingerprint density at radius 2 is 1.73 bits per heavy atom. The highest BCUT2D eigenvalue weighted by molar-refractivity contribution is 5.93. The lowest BCUT2D eigenvalue weighted by atomic mass is 9.43. The van der Waals surface area contributed by atoms with Crippen molar-refractivity contribution in [2.45, 2.75) is 167 Å². The predicted octanol–water partition coefficient (Wildman–Crippen LogP) is 9.26. The summed E-state index contributed by atoms with van der Waals surface area (Å²) in [5, 5.41) is 45.4. The molecule has 0 aromatic heterocycles. The number of hydrogen-bond acceptors (Lipinski definition) is 7. The first-order valence-corrected chi connectivity index (χ1v) is 24.7. The minimum absolute atomic E-state index is 0.0643. The molecule has 8 nitrogen and oxygen atoms in total. The van der Waals surface area contributed by atoms with Gasteiger partial charge in [0.1, 0.15) is 5.60 Å². The van der Waals surface area contributed by atoms with Crippen molar-refractivity contribution in [3.63, 3.8) is 0 Å². The van der Waals surface area contributed by atoms with Crippen molar-refractivity contribution >= 4 is 17.4 Å². The van der Waals surface area contributed by atoms with Crippen molar-refractivity contribution in [2.24, 2.45) is 63.6 Å². The Kier molecular flexibility index (Phi) is 11.8. The van der Waals surface area contributed by atoms with Crippen LogP contribution in [0.3, 0.4) is 0 Å². The van der Waals surface area contributed by atoms with Crippen LogP contribution < -0.4 is 4.90 Å². The molecule has 62 heavy (non-hydrogen) atoms. The summed E-state index contributed by atoms with van der Waals surface area (Å²) in [6, 6.07) is 9.10. The summed E-state index contributed by atoms with van der Waals surface area (Å²) >= 11 is 0. The summed E-state index contributed by atoms with van der Waals surface area (Å²) in [6.07, 6.45) is 14.6. The van der Waals surface area contributed by atoms with Crippen LogP contribution >= 0.6 is 0 Å². The molecule has 338 valence electrons. The number of benzene rings is 1. The lowest BCUT2D eigenvalue weighted by Gasteiger charge is -2.63. The van der Waals surface area contributed by atoms with E-state index in [1.807, 2.05) is 13.0 Å². The van der Waals surface area contributed by atoms with Gasteiger partial charge in [-0.25, -0.2) is 0 Å². The Hall–Kier alpha value is -2.96. The van der Waals surface area contributed by atoms with Crippen LogP contribution in [0.15, 0.2) is 47.1 Å². The second kappa shape index (κ2) is 16.5. The summed E-state index contributed by atoms with van der Waals surface area (Å²) in [7, 11) is 2.14. The molecule has 0 bridgehead atoms. The molecule has 2 unspecified atom stereocenters. The van der Waals surface area contributed by atoms with E-state index in [2.05, 4.69) is 75.7 Å². The molecule has 6 saturated carbocycles. The zero-order valence-electron chi connectivity index (χ0n) is 38.5. The number of carbonyl (C=O) groups excluding carboxylic acids is 1. The molecule has 1 aromatic carbocycles. The van der Waals surface area contributed by atoms with E-state index in [0.717, 1.165) is 95.7 Å². The number of likely N-dealkylation sites (N-methyl/N-ethyl adjacent to an activating group) is 1. The number of anilines is 1. The average molecular weight is 850 g/mol. The molecule has 4 N–H and O–H groups in total. The molecule has 0 saturated heterocycles. The minimum Gasteiger partial charge on any atom is -0.481 e. The van der Waals surface area contributed by atoms with Gasteiger partial charge in [-0.15, -0.1) is 5.92 Å². The van der Waals surface area contributed by atoms with E-state index in [-0.39, 0.29) is 76.2 Å². The standard InChI is InChI=1S/C54H75NO7/c1-7-22-54(61)24-21-43-40-15-11-34-27-37(56)14-16-39(34)49(40)41(31-52(43,54)4)33-9-12-36(13-10-33)55(6)25-26-62-38-20-23-51(3)35(28-38)29-46(57)50-44-18-17-42(32(2)8-19-48(59)60)53(44,5)47(58)30-45(50)51/h9-10,12-13,27,32,35,38,40-47,50,57-58,61H,8,11,14-21,23-26,28-31H2,1-6H3,(H,59,60)/t32-,35+,38+,40?,41-,42-,43?,44+,45+,46-,47+,50+,51+,52+,53-,54-/m1/s1. The summed E-state index contributed by atoms with van der Waals surface area (Å²) < 4.78 is 6.67. The van der Waals surface area contributed by atoms with Gasteiger partial charge in [-0.3, -0.25) is 9.59 Å². The maximum Gasteiger partial charge on any atom is 0.303 e. The van der Waals surface area contributed by atoms with Crippen molar-refractivity contribution in [1.29, 1.82) is 0 Å². The smallest absolute Gasteiger partial charge is 0.303 e. The largest absolute Gasteiger partial charge is 0.481 e. The van der Waals surface area contributed by atoms with E-state index in [0.29, 0.717) is 37.2 Å². The van der Waals surface area contributed by atoms with Gasteiger partial charge in [0, 0.05) is 43.5 Å². The van der Waals surface area contributed by atoms with E-state index >= 15 is 0 Å². The van der Waals surface area contributed by atoms with E-state index in [9.17, 15) is 30.0 Å². The molecule has 8 aliphatic carbocycles. The van der Waals surface area contributed by atoms with Gasteiger partial charge < -0.3 is 30.1 Å². The number of ketones is 1. The summed E-state index contributed by atoms with van der Waals surface area (Å²) in [6.45, 7) is 12.4. The van der Waals surface area contributed by atoms with E-state index in [1.165, 1.54) is 22.3 Å². The fourth-order valence-corrected chi connectivity index (χ4v) is 16.6. The molecule has 6 fully saturated rings. The Morgan fingerprint density at radius 3 is 2.47 bits per heavy atom. The van der Waals surface area contributed by atoms with Crippen LogP contribution in [-0.2, 0) is 14.3 Å². The quantitative estimate of drug-likeness (QED) is 0.172. The maximum atomic E-state index is 12.5. The number of carboxylic acids is 1. The molecular formula is C54H75NO7. The van der Waals surface area contributed by atoms with Crippen LogP contribution in [0.4, 0.5) is 5.69 Å². The van der Waals surface area contributed by atoms with Crippen LogP contribution in [0.1, 0.15) is 149 Å². The zero-order valence-corrected chi connectivity index (χ0v) is 38.5. The molecular weight excluding hydrogens is 775 g/mol. The summed E-state index contributed by atoms with van der Waals surface area (Å²) in [5.74, 6) is 8.46. The number of allylic oxidation sites excluding steroid dienone is 4. The lowest BCUT2D eigenvalue weighted by Crippen LogP contribution is -2.62. The molecule has 0 radical (unpaired) electrons. The molecule has 0 aliphatic heterocycles. The molecule has 0 heterocycles. The van der Waals surface area contributed by atoms with Gasteiger partial charge in [0.05, 0.1) is 24.9 Å². The Morgan fingerprint density at radius 1 is 0.952 bits per heavy atom.